The van der Waals surface area contributed by atoms with Crippen molar-refractivity contribution >= 4 is 34.8 Å². The Morgan fingerprint density at radius 3 is 2.30 bits per heavy atom. The van der Waals surface area contributed by atoms with Gasteiger partial charge in [-0.1, -0.05) is 74.9 Å². The van der Waals surface area contributed by atoms with Crippen molar-refractivity contribution in [3.05, 3.63) is 71.7 Å². The van der Waals surface area contributed by atoms with Crippen molar-refractivity contribution in [3.8, 4) is 0 Å². The Morgan fingerprint density at radius 1 is 0.907 bits per heavy atom. The highest BCUT2D eigenvalue weighted by atomic mass is 32.1. The van der Waals surface area contributed by atoms with E-state index in [1.54, 1.807) is 21.9 Å². The SMILES string of the molecule is C=CCn1c(=Cc2sc(C3CCCCC3)c(C3CCCCC3)[n+]2CC)sc(=C/C=C2\C=CN(CC)C3CCCCC23)c1=O. The monoisotopic (exact) mass is 618 g/mol. The van der Waals surface area contributed by atoms with E-state index in [9.17, 15) is 4.79 Å². The van der Waals surface area contributed by atoms with Gasteiger partial charge < -0.3 is 4.90 Å². The van der Waals surface area contributed by atoms with Crippen LogP contribution in [0.15, 0.2) is 41.4 Å². The summed E-state index contributed by atoms with van der Waals surface area (Å²) in [4.78, 5) is 17.9. The highest BCUT2D eigenvalue weighted by molar-refractivity contribution is 7.12. The van der Waals surface area contributed by atoms with Crippen LogP contribution in [-0.4, -0.2) is 22.1 Å². The molecule has 4 aliphatic rings. The molecule has 0 radical (unpaired) electrons. The van der Waals surface area contributed by atoms with Crippen molar-refractivity contribution in [3.63, 3.8) is 0 Å². The molecule has 4 nitrogen and oxygen atoms in total. The lowest BCUT2D eigenvalue weighted by molar-refractivity contribution is -0.699. The second-order valence-corrected chi connectivity index (χ2v) is 15.3. The van der Waals surface area contributed by atoms with Gasteiger partial charge in [-0.15, -0.1) is 17.9 Å². The fourth-order valence-electron chi connectivity index (χ4n) is 8.43. The first-order valence-corrected chi connectivity index (χ1v) is 19.0. The maximum Gasteiger partial charge on any atom is 0.269 e. The summed E-state index contributed by atoms with van der Waals surface area (Å²) in [5, 5.41) is 1.33. The largest absolute Gasteiger partial charge is 0.374 e. The van der Waals surface area contributed by atoms with Gasteiger partial charge in [-0.2, -0.15) is 4.57 Å². The Bertz CT molecular complexity index is 1510. The highest BCUT2D eigenvalue weighted by Crippen LogP contribution is 2.43. The zero-order chi connectivity index (χ0) is 29.8. The van der Waals surface area contributed by atoms with Gasteiger partial charge in [-0.05, 0) is 82.2 Å². The molecule has 6 rings (SSSR count). The van der Waals surface area contributed by atoms with Crippen LogP contribution in [0.1, 0.15) is 131 Å². The predicted molar refractivity (Wildman–Crippen MR) is 183 cm³/mol. The molecule has 2 aromatic rings. The second-order valence-electron chi connectivity index (χ2n) is 13.2. The molecule has 0 bridgehead atoms. The van der Waals surface area contributed by atoms with Crippen molar-refractivity contribution in [1.29, 1.82) is 0 Å². The fourth-order valence-corrected chi connectivity index (χ4v) is 11.0. The predicted octanol–water partition coefficient (Wildman–Crippen LogP) is 7.50. The van der Waals surface area contributed by atoms with Crippen molar-refractivity contribution in [1.82, 2.24) is 9.47 Å². The summed E-state index contributed by atoms with van der Waals surface area (Å²) in [6.45, 7) is 11.2. The number of allylic oxidation sites excluding steroid dienone is 3. The van der Waals surface area contributed by atoms with E-state index >= 15 is 0 Å². The van der Waals surface area contributed by atoms with E-state index in [1.807, 2.05) is 22.0 Å². The number of hydrogen-bond donors (Lipinski definition) is 0. The van der Waals surface area contributed by atoms with E-state index in [1.165, 1.54) is 100 Å². The quantitative estimate of drug-likeness (QED) is 0.226. The van der Waals surface area contributed by atoms with Gasteiger partial charge >= 0.3 is 0 Å². The van der Waals surface area contributed by atoms with Gasteiger partial charge in [0.05, 0.1) is 15.5 Å². The molecule has 3 saturated carbocycles. The summed E-state index contributed by atoms with van der Waals surface area (Å²) in [6.07, 6.45) is 31.9. The summed E-state index contributed by atoms with van der Waals surface area (Å²) in [6, 6.07) is 0.605. The van der Waals surface area contributed by atoms with Crippen LogP contribution in [0.4, 0.5) is 0 Å². The maximum atomic E-state index is 13.8. The first-order chi connectivity index (χ1) is 21.1. The second kappa shape index (κ2) is 14.3. The van der Waals surface area contributed by atoms with E-state index in [2.05, 4.69) is 60.4 Å². The maximum absolute atomic E-state index is 13.8. The van der Waals surface area contributed by atoms with Crippen LogP contribution in [-0.2, 0) is 13.1 Å². The Labute approximate surface area is 266 Å². The van der Waals surface area contributed by atoms with Gasteiger partial charge in [0.25, 0.3) is 10.6 Å². The molecule has 0 spiro atoms. The number of aromatic nitrogens is 2. The molecule has 2 unspecified atom stereocenters. The first kappa shape index (κ1) is 30.8. The van der Waals surface area contributed by atoms with Crippen molar-refractivity contribution < 1.29 is 4.57 Å². The average molecular weight is 619 g/mol. The fraction of sp³-hybridized carbons (Fsp3) is 0.622. The number of hydrogen-bond acceptors (Lipinski definition) is 4. The van der Waals surface area contributed by atoms with E-state index in [-0.39, 0.29) is 5.56 Å². The molecule has 0 saturated heterocycles. The molecule has 6 heteroatoms. The Balaban J connectivity index is 1.43. The van der Waals surface area contributed by atoms with Crippen molar-refractivity contribution in [2.75, 3.05) is 6.54 Å². The molecule has 2 atom stereocenters. The van der Waals surface area contributed by atoms with Crippen LogP contribution in [0, 0.1) is 5.92 Å². The minimum Gasteiger partial charge on any atom is -0.374 e. The molecule has 0 N–H and O–H groups in total. The van der Waals surface area contributed by atoms with Crippen LogP contribution in [0.3, 0.4) is 0 Å². The Kier molecular flexibility index (Phi) is 10.2. The normalized spacial score (nSPS) is 25.5. The standard InChI is InChI=1S/C37H52N3OS2/c1-4-24-40-34(42-32(37(40)41)22-21-27-23-25-38(5-2)31-20-14-13-19-30(27)31)26-33-39(6-3)35(28-15-9-7-10-16-28)36(43-33)29-17-11-8-12-18-29/h4,21-23,25-26,28-31H,1,5-20,24H2,2-3H3/q+1/b27-21+,32-22?. The molecule has 2 aromatic heterocycles. The van der Waals surface area contributed by atoms with E-state index in [0.29, 0.717) is 30.3 Å². The molecule has 3 aliphatic carbocycles. The lowest BCUT2D eigenvalue weighted by Crippen LogP contribution is -2.42. The Hall–Kier alpha value is -2.18. The lowest BCUT2D eigenvalue weighted by atomic mass is 9.77. The number of thiazole rings is 2. The molecule has 232 valence electrons. The lowest BCUT2D eigenvalue weighted by Gasteiger charge is -2.42. The molecule has 1 aliphatic heterocycles. The van der Waals surface area contributed by atoms with Gasteiger partial charge in [-0.25, -0.2) is 0 Å². The van der Waals surface area contributed by atoms with E-state index in [0.717, 1.165) is 22.3 Å². The van der Waals surface area contributed by atoms with Gasteiger partial charge in [0.2, 0.25) is 0 Å². The topological polar surface area (TPSA) is 29.1 Å². The minimum atomic E-state index is 0.114. The zero-order valence-electron chi connectivity index (χ0n) is 26.6. The number of rotatable bonds is 8. The smallest absolute Gasteiger partial charge is 0.269 e. The Morgan fingerprint density at radius 2 is 1.60 bits per heavy atom. The van der Waals surface area contributed by atoms with Crippen LogP contribution < -0.4 is 19.3 Å². The first-order valence-electron chi connectivity index (χ1n) is 17.4. The number of fused-ring (bicyclic) bond motifs is 1. The third-order valence-electron chi connectivity index (χ3n) is 10.6. The molecule has 0 amide bonds. The third kappa shape index (κ3) is 6.47. The minimum absolute atomic E-state index is 0.114. The number of nitrogens with zero attached hydrogens (tertiary/aromatic N) is 3. The van der Waals surface area contributed by atoms with Crippen LogP contribution >= 0.6 is 22.7 Å². The molecular formula is C37H52N3OS2+. The van der Waals surface area contributed by atoms with Gasteiger partial charge in [0, 0.05) is 31.0 Å². The van der Waals surface area contributed by atoms with Crippen molar-refractivity contribution in [2.45, 2.75) is 135 Å². The molecule has 0 aromatic carbocycles. The summed E-state index contributed by atoms with van der Waals surface area (Å²) >= 11 is 3.69. The highest BCUT2D eigenvalue weighted by Gasteiger charge is 2.36. The molecule has 3 heterocycles. The van der Waals surface area contributed by atoms with Gasteiger partial charge in [-0.3, -0.25) is 9.36 Å². The summed E-state index contributed by atoms with van der Waals surface area (Å²) in [7, 11) is 0. The van der Waals surface area contributed by atoms with Crippen molar-refractivity contribution in [2.24, 2.45) is 5.92 Å². The van der Waals surface area contributed by atoms with E-state index in [4.69, 9.17) is 0 Å². The summed E-state index contributed by atoms with van der Waals surface area (Å²) < 4.78 is 6.46. The van der Waals surface area contributed by atoms with Crippen LogP contribution in [0.5, 0.6) is 0 Å². The molecular weight excluding hydrogens is 567 g/mol. The van der Waals surface area contributed by atoms with E-state index < -0.39 is 0 Å². The van der Waals surface area contributed by atoms with Crippen LogP contribution in [0.2, 0.25) is 0 Å². The van der Waals surface area contributed by atoms with Crippen LogP contribution in [0.25, 0.3) is 12.2 Å². The molecule has 43 heavy (non-hydrogen) atoms. The third-order valence-corrected chi connectivity index (χ3v) is 13.0. The average Bonchev–Trinajstić information content (AvgIpc) is 3.57. The molecule has 3 fully saturated rings. The van der Waals surface area contributed by atoms with Gasteiger partial charge in [0.1, 0.15) is 11.2 Å². The summed E-state index contributed by atoms with van der Waals surface area (Å²) in [5.41, 5.74) is 3.14. The summed E-state index contributed by atoms with van der Waals surface area (Å²) in [5.74, 6) is 1.97. The zero-order valence-corrected chi connectivity index (χ0v) is 28.2. The van der Waals surface area contributed by atoms with Gasteiger partial charge in [0.15, 0.2) is 5.69 Å².